The summed E-state index contributed by atoms with van der Waals surface area (Å²) in [5.41, 5.74) is 0. The van der Waals surface area contributed by atoms with Gasteiger partial charge in [0.1, 0.15) is 0 Å². The van der Waals surface area contributed by atoms with Crippen LogP contribution in [0.3, 0.4) is 0 Å². The van der Waals surface area contributed by atoms with Gasteiger partial charge in [0.05, 0.1) is 18.8 Å². The minimum absolute atomic E-state index is 0.0643. The van der Waals surface area contributed by atoms with Crippen LogP contribution in [0.15, 0.2) is 24.3 Å². The molecule has 0 bridgehead atoms. The monoisotopic (exact) mass is 662 g/mol. The van der Waals surface area contributed by atoms with Gasteiger partial charge in [-0.3, -0.25) is 4.79 Å². The lowest BCUT2D eigenvalue weighted by atomic mass is 10.0. The summed E-state index contributed by atoms with van der Waals surface area (Å²) in [6.07, 6.45) is 50.0. The molecule has 0 rings (SSSR count). The molecule has 0 radical (unpaired) electrons. The Morgan fingerprint density at radius 2 is 0.851 bits per heavy atom. The molecule has 4 nitrogen and oxygen atoms in total. The average Bonchev–Trinajstić information content (AvgIpc) is 3.07. The largest absolute Gasteiger partial charge is 0.394 e. The second kappa shape index (κ2) is 39.3. The van der Waals surface area contributed by atoms with Crippen LogP contribution in [0.2, 0.25) is 0 Å². The van der Waals surface area contributed by atoms with Crippen molar-refractivity contribution in [3.63, 3.8) is 0 Å². The molecule has 0 fully saturated rings. The van der Waals surface area contributed by atoms with Crippen LogP contribution in [0.1, 0.15) is 226 Å². The third kappa shape index (κ3) is 36.0. The van der Waals surface area contributed by atoms with E-state index in [1.165, 1.54) is 180 Å². The molecule has 0 aromatic heterocycles. The number of carbonyl (C=O) groups excluding carboxylic acids is 1. The molecule has 0 saturated carbocycles. The number of hydrogen-bond acceptors (Lipinski definition) is 3. The molecule has 3 N–H and O–H groups in total. The van der Waals surface area contributed by atoms with Crippen molar-refractivity contribution in [2.45, 2.75) is 238 Å². The number of carbonyl (C=O) groups is 1. The van der Waals surface area contributed by atoms with Crippen molar-refractivity contribution in [2.24, 2.45) is 0 Å². The molecule has 4 heteroatoms. The van der Waals surface area contributed by atoms with Crippen molar-refractivity contribution in [3.05, 3.63) is 24.3 Å². The van der Waals surface area contributed by atoms with Gasteiger partial charge in [-0.15, -0.1) is 0 Å². The summed E-state index contributed by atoms with van der Waals surface area (Å²) >= 11 is 0. The highest BCUT2D eigenvalue weighted by Crippen LogP contribution is 2.16. The summed E-state index contributed by atoms with van der Waals surface area (Å²) in [4.78, 5) is 12.4. The van der Waals surface area contributed by atoms with Crippen LogP contribution < -0.4 is 5.32 Å². The van der Waals surface area contributed by atoms with Gasteiger partial charge in [-0.2, -0.15) is 0 Å². The van der Waals surface area contributed by atoms with E-state index in [0.29, 0.717) is 6.42 Å². The number of unbranched alkanes of at least 4 members (excludes halogenated alkanes) is 29. The van der Waals surface area contributed by atoms with Crippen LogP contribution >= 0.6 is 0 Å². The smallest absolute Gasteiger partial charge is 0.220 e. The molecule has 0 heterocycles. The Labute approximate surface area is 294 Å². The molecule has 47 heavy (non-hydrogen) atoms. The number of nitrogens with one attached hydrogen (secondary N) is 1. The maximum Gasteiger partial charge on any atom is 0.220 e. The zero-order chi connectivity index (χ0) is 34.3. The van der Waals surface area contributed by atoms with Crippen LogP contribution in [0.5, 0.6) is 0 Å². The lowest BCUT2D eigenvalue weighted by Crippen LogP contribution is -2.45. The van der Waals surface area contributed by atoms with E-state index in [-0.39, 0.29) is 12.5 Å². The standard InChI is InChI=1S/C43H83NO3/c1-3-5-7-9-11-13-15-17-18-19-20-21-22-23-24-25-27-29-31-33-35-37-39-43(47)44-41(40-45)42(46)38-36-34-32-30-28-26-16-14-12-10-8-6-4-2/h8,10,36,38,41-42,45-46H,3-7,9,11-35,37,39-40H2,1-2H3,(H,44,47)/b10-8+,38-36+/t41-,42+/m0/s1. The van der Waals surface area contributed by atoms with Crippen molar-refractivity contribution in [1.29, 1.82) is 0 Å². The van der Waals surface area contributed by atoms with Gasteiger partial charge in [-0.25, -0.2) is 0 Å². The summed E-state index contributed by atoms with van der Waals surface area (Å²) in [6.45, 7) is 4.26. The van der Waals surface area contributed by atoms with Crippen molar-refractivity contribution < 1.29 is 15.0 Å². The lowest BCUT2D eigenvalue weighted by molar-refractivity contribution is -0.123. The summed E-state index contributed by atoms with van der Waals surface area (Å²) in [5, 5.41) is 22.9. The van der Waals surface area contributed by atoms with E-state index in [2.05, 4.69) is 31.3 Å². The Hall–Kier alpha value is -1.13. The number of aliphatic hydroxyl groups is 2. The van der Waals surface area contributed by atoms with Gasteiger partial charge in [0, 0.05) is 6.42 Å². The Kier molecular flexibility index (Phi) is 38.4. The highest BCUT2D eigenvalue weighted by Gasteiger charge is 2.17. The molecule has 2 atom stereocenters. The fourth-order valence-electron chi connectivity index (χ4n) is 6.42. The number of allylic oxidation sites excluding steroid dienone is 3. The molecular weight excluding hydrogens is 578 g/mol. The lowest BCUT2D eigenvalue weighted by Gasteiger charge is -2.20. The van der Waals surface area contributed by atoms with Crippen molar-refractivity contribution in [2.75, 3.05) is 6.61 Å². The van der Waals surface area contributed by atoms with Gasteiger partial charge in [-0.05, 0) is 38.5 Å². The van der Waals surface area contributed by atoms with E-state index < -0.39 is 12.1 Å². The average molecular weight is 662 g/mol. The van der Waals surface area contributed by atoms with Gasteiger partial charge < -0.3 is 15.5 Å². The normalized spacial score (nSPS) is 13.2. The first-order valence-corrected chi connectivity index (χ1v) is 21.1. The van der Waals surface area contributed by atoms with Crippen LogP contribution in [-0.2, 0) is 4.79 Å². The molecule has 0 aliphatic rings. The van der Waals surface area contributed by atoms with E-state index >= 15 is 0 Å². The summed E-state index contributed by atoms with van der Waals surface area (Å²) in [5.74, 6) is -0.0643. The molecular formula is C43H83NO3. The second-order valence-corrected chi connectivity index (χ2v) is 14.4. The van der Waals surface area contributed by atoms with Crippen LogP contribution in [0, 0.1) is 0 Å². The molecule has 0 saturated heterocycles. The first-order chi connectivity index (χ1) is 23.2. The Bertz CT molecular complexity index is 676. The highest BCUT2D eigenvalue weighted by molar-refractivity contribution is 5.76. The molecule has 0 aromatic rings. The molecule has 0 aliphatic heterocycles. The van der Waals surface area contributed by atoms with E-state index in [4.69, 9.17) is 0 Å². The second-order valence-electron chi connectivity index (χ2n) is 14.4. The van der Waals surface area contributed by atoms with Gasteiger partial charge >= 0.3 is 0 Å². The van der Waals surface area contributed by atoms with Crippen molar-refractivity contribution >= 4 is 5.91 Å². The van der Waals surface area contributed by atoms with E-state index in [0.717, 1.165) is 25.7 Å². The zero-order valence-corrected chi connectivity index (χ0v) is 31.8. The fourth-order valence-corrected chi connectivity index (χ4v) is 6.42. The summed E-state index contributed by atoms with van der Waals surface area (Å²) < 4.78 is 0. The quantitative estimate of drug-likeness (QED) is 0.0455. The van der Waals surface area contributed by atoms with Gasteiger partial charge in [0.15, 0.2) is 0 Å². The highest BCUT2D eigenvalue weighted by atomic mass is 16.3. The fraction of sp³-hybridized carbons (Fsp3) is 0.884. The van der Waals surface area contributed by atoms with Gasteiger partial charge in [-0.1, -0.05) is 205 Å². The van der Waals surface area contributed by atoms with Crippen molar-refractivity contribution in [3.8, 4) is 0 Å². The maximum absolute atomic E-state index is 12.4. The number of rotatable bonds is 38. The summed E-state index contributed by atoms with van der Waals surface area (Å²) in [6, 6.07) is -0.621. The van der Waals surface area contributed by atoms with E-state index in [9.17, 15) is 15.0 Å². The third-order valence-corrected chi connectivity index (χ3v) is 9.66. The zero-order valence-electron chi connectivity index (χ0n) is 31.8. The number of amides is 1. The van der Waals surface area contributed by atoms with Crippen LogP contribution in [0.4, 0.5) is 0 Å². The number of aliphatic hydroxyl groups excluding tert-OH is 2. The van der Waals surface area contributed by atoms with E-state index in [1.807, 2.05) is 6.08 Å². The molecule has 0 aliphatic carbocycles. The molecule has 278 valence electrons. The van der Waals surface area contributed by atoms with E-state index in [1.54, 1.807) is 6.08 Å². The first kappa shape index (κ1) is 45.9. The first-order valence-electron chi connectivity index (χ1n) is 21.1. The SMILES string of the molecule is CCC/C=C/CCCCCCCC/C=C/[C@@H](O)[C@H](CO)NC(=O)CCCCCCCCCCCCCCCCCCCCCCCC. The summed E-state index contributed by atoms with van der Waals surface area (Å²) in [7, 11) is 0. The molecule has 0 unspecified atom stereocenters. The minimum Gasteiger partial charge on any atom is -0.394 e. The Morgan fingerprint density at radius 3 is 1.26 bits per heavy atom. The molecule has 1 amide bonds. The van der Waals surface area contributed by atoms with Crippen molar-refractivity contribution in [1.82, 2.24) is 5.32 Å². The molecule has 0 aromatic carbocycles. The molecule has 0 spiro atoms. The topological polar surface area (TPSA) is 69.6 Å². The van der Waals surface area contributed by atoms with Crippen LogP contribution in [-0.4, -0.2) is 34.9 Å². The third-order valence-electron chi connectivity index (χ3n) is 9.66. The predicted octanol–water partition coefficient (Wildman–Crippen LogP) is 12.8. The maximum atomic E-state index is 12.4. The van der Waals surface area contributed by atoms with Crippen LogP contribution in [0.25, 0.3) is 0 Å². The van der Waals surface area contributed by atoms with Gasteiger partial charge in [0.2, 0.25) is 5.91 Å². The van der Waals surface area contributed by atoms with Gasteiger partial charge in [0.25, 0.3) is 0 Å². The number of hydrogen-bond donors (Lipinski definition) is 3. The predicted molar refractivity (Wildman–Crippen MR) is 207 cm³/mol. The Balaban J connectivity index is 3.51. The Morgan fingerprint density at radius 1 is 0.489 bits per heavy atom. The minimum atomic E-state index is -0.839.